The first-order valence-electron chi connectivity index (χ1n) is 10.5. The van der Waals surface area contributed by atoms with E-state index in [0.29, 0.717) is 6.04 Å². The minimum atomic E-state index is 0.417. The van der Waals surface area contributed by atoms with Crippen molar-refractivity contribution < 1.29 is 0 Å². The number of halogens is 1. The van der Waals surface area contributed by atoms with Crippen LogP contribution in [-0.2, 0) is 6.54 Å². The minimum absolute atomic E-state index is 0.417. The Bertz CT molecular complexity index is 961. The van der Waals surface area contributed by atoms with Gasteiger partial charge in [-0.25, -0.2) is 0 Å². The fraction of sp³-hybridized carbons (Fsp3) is 0.417. The van der Waals surface area contributed by atoms with E-state index >= 15 is 0 Å². The van der Waals surface area contributed by atoms with Crippen LogP contribution >= 0.6 is 11.6 Å². The van der Waals surface area contributed by atoms with Gasteiger partial charge in [0.25, 0.3) is 0 Å². The summed E-state index contributed by atoms with van der Waals surface area (Å²) in [6, 6.07) is 15.7. The number of aromatic nitrogens is 1. The molecule has 3 aromatic rings. The number of aryl methyl sites for hydroxylation is 1. The van der Waals surface area contributed by atoms with Gasteiger partial charge < -0.3 is 4.98 Å². The summed E-state index contributed by atoms with van der Waals surface area (Å²) >= 11 is 6.73. The zero-order valence-corrected chi connectivity index (χ0v) is 17.3. The molecule has 3 nitrogen and oxygen atoms in total. The van der Waals surface area contributed by atoms with Gasteiger partial charge >= 0.3 is 0 Å². The number of nitrogens with zero attached hydrogens (tertiary/aromatic N) is 2. The number of benzene rings is 2. The second-order valence-corrected chi connectivity index (χ2v) is 8.93. The van der Waals surface area contributed by atoms with Gasteiger partial charge in [-0.2, -0.15) is 0 Å². The summed E-state index contributed by atoms with van der Waals surface area (Å²) in [4.78, 5) is 8.69. The maximum atomic E-state index is 6.73. The minimum Gasteiger partial charge on any atom is -0.361 e. The molecule has 0 spiro atoms. The van der Waals surface area contributed by atoms with Crippen LogP contribution in [0.2, 0.25) is 5.02 Å². The van der Waals surface area contributed by atoms with Crippen LogP contribution in [-0.4, -0.2) is 41.0 Å². The number of hydrogen-bond acceptors (Lipinski definition) is 2. The fourth-order valence-electron chi connectivity index (χ4n) is 4.68. The molecule has 5 rings (SSSR count). The zero-order valence-electron chi connectivity index (χ0n) is 16.5. The predicted molar refractivity (Wildman–Crippen MR) is 117 cm³/mol. The third kappa shape index (κ3) is 3.59. The van der Waals surface area contributed by atoms with Crippen molar-refractivity contribution in [1.29, 1.82) is 0 Å². The molecular weight excluding hydrogens is 366 g/mol. The van der Waals surface area contributed by atoms with Crippen LogP contribution in [0.5, 0.6) is 0 Å². The largest absolute Gasteiger partial charge is 0.361 e. The number of aromatic amines is 1. The van der Waals surface area contributed by atoms with Crippen molar-refractivity contribution in [1.82, 2.24) is 14.8 Å². The SMILES string of the molecule is Cc1cc(Cl)c(CN2CCN(CC3CC3)C[C@H]2c2ccccc2)c2cc[nH]c12. The number of piperazine rings is 1. The third-order valence-electron chi connectivity index (χ3n) is 6.43. The number of fused-ring (bicyclic) bond motifs is 1. The fourth-order valence-corrected chi connectivity index (χ4v) is 5.00. The summed E-state index contributed by atoms with van der Waals surface area (Å²) in [5, 5.41) is 2.15. The molecule has 2 heterocycles. The van der Waals surface area contributed by atoms with Crippen LogP contribution in [0.1, 0.15) is 35.6 Å². The van der Waals surface area contributed by atoms with Crippen LogP contribution in [0.4, 0.5) is 0 Å². The molecule has 1 N–H and O–H groups in total. The molecule has 2 fully saturated rings. The van der Waals surface area contributed by atoms with Gasteiger partial charge in [0.2, 0.25) is 0 Å². The second kappa shape index (κ2) is 7.55. The summed E-state index contributed by atoms with van der Waals surface area (Å²) in [6.07, 6.45) is 4.86. The van der Waals surface area contributed by atoms with Gasteiger partial charge in [0.1, 0.15) is 0 Å². The maximum Gasteiger partial charge on any atom is 0.0487 e. The van der Waals surface area contributed by atoms with Gasteiger partial charge in [0.15, 0.2) is 0 Å². The Kier molecular flexibility index (Phi) is 4.92. The van der Waals surface area contributed by atoms with Crippen LogP contribution in [0.3, 0.4) is 0 Å². The monoisotopic (exact) mass is 393 g/mol. The third-order valence-corrected chi connectivity index (χ3v) is 6.77. The normalized spacial score (nSPS) is 21.4. The Balaban J connectivity index is 1.45. The highest BCUT2D eigenvalue weighted by atomic mass is 35.5. The maximum absolute atomic E-state index is 6.73. The molecule has 1 aromatic heterocycles. The molecular formula is C24H28ClN3. The van der Waals surface area contributed by atoms with E-state index in [-0.39, 0.29) is 0 Å². The molecule has 0 unspecified atom stereocenters. The summed E-state index contributed by atoms with van der Waals surface area (Å²) in [6.45, 7) is 7.63. The van der Waals surface area contributed by atoms with E-state index in [1.807, 2.05) is 6.20 Å². The first-order chi connectivity index (χ1) is 13.7. The molecule has 0 amide bonds. The molecule has 0 bridgehead atoms. The van der Waals surface area contributed by atoms with Crippen molar-refractivity contribution in [3.63, 3.8) is 0 Å². The van der Waals surface area contributed by atoms with Crippen molar-refractivity contribution in [3.05, 3.63) is 70.4 Å². The van der Waals surface area contributed by atoms with Crippen molar-refractivity contribution in [3.8, 4) is 0 Å². The van der Waals surface area contributed by atoms with Crippen LogP contribution < -0.4 is 0 Å². The average Bonchev–Trinajstić information content (AvgIpc) is 3.38. The lowest BCUT2D eigenvalue weighted by Crippen LogP contribution is -2.48. The zero-order chi connectivity index (χ0) is 19.1. The summed E-state index contributed by atoms with van der Waals surface area (Å²) in [5.74, 6) is 0.939. The van der Waals surface area contributed by atoms with Crippen molar-refractivity contribution >= 4 is 22.5 Å². The lowest BCUT2D eigenvalue weighted by molar-refractivity contribution is 0.0656. The van der Waals surface area contributed by atoms with Crippen molar-refractivity contribution in [2.45, 2.75) is 32.4 Å². The van der Waals surface area contributed by atoms with E-state index in [1.165, 1.54) is 47.0 Å². The highest BCUT2D eigenvalue weighted by Crippen LogP contribution is 2.35. The first kappa shape index (κ1) is 18.2. The summed E-state index contributed by atoms with van der Waals surface area (Å²) in [7, 11) is 0. The Labute approximate surface area is 172 Å². The Morgan fingerprint density at radius 3 is 2.71 bits per heavy atom. The summed E-state index contributed by atoms with van der Waals surface area (Å²) in [5.41, 5.74) is 5.09. The lowest BCUT2D eigenvalue weighted by Gasteiger charge is -2.42. The molecule has 1 aliphatic carbocycles. The summed E-state index contributed by atoms with van der Waals surface area (Å²) < 4.78 is 0. The Morgan fingerprint density at radius 1 is 1.11 bits per heavy atom. The lowest BCUT2D eigenvalue weighted by atomic mass is 9.99. The van der Waals surface area contributed by atoms with E-state index in [0.717, 1.165) is 37.1 Å². The van der Waals surface area contributed by atoms with Gasteiger partial charge in [0, 0.05) is 60.9 Å². The van der Waals surface area contributed by atoms with Gasteiger partial charge in [0.05, 0.1) is 0 Å². The topological polar surface area (TPSA) is 22.3 Å². The van der Waals surface area contributed by atoms with Crippen LogP contribution in [0.15, 0.2) is 48.7 Å². The predicted octanol–water partition coefficient (Wildman–Crippen LogP) is 5.40. The van der Waals surface area contributed by atoms with Crippen LogP contribution in [0.25, 0.3) is 10.9 Å². The second-order valence-electron chi connectivity index (χ2n) is 8.52. The van der Waals surface area contributed by atoms with Crippen molar-refractivity contribution in [2.24, 2.45) is 5.92 Å². The average molecular weight is 394 g/mol. The van der Waals surface area contributed by atoms with Gasteiger partial charge in [-0.05, 0) is 54.5 Å². The van der Waals surface area contributed by atoms with E-state index in [9.17, 15) is 0 Å². The van der Waals surface area contributed by atoms with E-state index in [1.54, 1.807) is 0 Å². The number of H-pyrrole nitrogens is 1. The van der Waals surface area contributed by atoms with Gasteiger partial charge in [-0.3, -0.25) is 9.80 Å². The first-order valence-corrected chi connectivity index (χ1v) is 10.8. The molecule has 0 radical (unpaired) electrons. The highest BCUT2D eigenvalue weighted by Gasteiger charge is 2.32. The molecule has 1 saturated carbocycles. The van der Waals surface area contributed by atoms with Gasteiger partial charge in [-0.1, -0.05) is 41.9 Å². The number of rotatable bonds is 5. The van der Waals surface area contributed by atoms with Crippen LogP contribution in [0, 0.1) is 12.8 Å². The molecule has 2 aromatic carbocycles. The quantitative estimate of drug-likeness (QED) is 0.627. The van der Waals surface area contributed by atoms with E-state index in [4.69, 9.17) is 11.6 Å². The molecule has 1 aliphatic heterocycles. The molecule has 146 valence electrons. The molecule has 1 saturated heterocycles. The number of hydrogen-bond donors (Lipinski definition) is 1. The Morgan fingerprint density at radius 2 is 1.93 bits per heavy atom. The van der Waals surface area contributed by atoms with E-state index < -0.39 is 0 Å². The molecule has 2 aliphatic rings. The standard InChI is InChI=1S/C24H28ClN3/c1-17-13-22(25)21(20-9-10-26-24(17)20)15-28-12-11-27(14-18-7-8-18)16-23(28)19-5-3-2-4-6-19/h2-6,9-10,13,18,23,26H,7-8,11-12,14-16H2,1H3/t23-/m0/s1. The van der Waals surface area contributed by atoms with Gasteiger partial charge in [-0.15, -0.1) is 0 Å². The molecule has 28 heavy (non-hydrogen) atoms. The Hall–Kier alpha value is -1.81. The molecule has 1 atom stereocenters. The number of nitrogens with one attached hydrogen (secondary N) is 1. The molecule has 4 heteroatoms. The highest BCUT2D eigenvalue weighted by molar-refractivity contribution is 6.32. The van der Waals surface area contributed by atoms with Crippen molar-refractivity contribution in [2.75, 3.05) is 26.2 Å². The smallest absolute Gasteiger partial charge is 0.0487 e. The van der Waals surface area contributed by atoms with E-state index in [2.05, 4.69) is 64.2 Å².